The number of hydrogen-bond donors (Lipinski definition) is 1. The van der Waals surface area contributed by atoms with E-state index in [-0.39, 0.29) is 0 Å². The average Bonchev–Trinajstić information content (AvgIpc) is 2.05. The zero-order valence-corrected chi connectivity index (χ0v) is 7.94. The van der Waals surface area contributed by atoms with Crippen LogP contribution in [0.1, 0.15) is 26.7 Å². The van der Waals surface area contributed by atoms with E-state index in [1.54, 1.807) is 0 Å². The van der Waals surface area contributed by atoms with Gasteiger partial charge in [-0.15, -0.1) is 0 Å². The molecule has 0 bridgehead atoms. The van der Waals surface area contributed by atoms with Gasteiger partial charge in [0.25, 0.3) is 0 Å². The molecule has 2 nitrogen and oxygen atoms in total. The molecule has 0 unspecified atom stereocenters. The van der Waals surface area contributed by atoms with Crippen LogP contribution in [0.25, 0.3) is 0 Å². The van der Waals surface area contributed by atoms with Crippen LogP contribution in [0.3, 0.4) is 0 Å². The first-order valence-corrected chi connectivity index (χ1v) is 4.51. The molecule has 0 aromatic carbocycles. The van der Waals surface area contributed by atoms with Crippen molar-refractivity contribution in [3.63, 3.8) is 0 Å². The minimum Gasteiger partial charge on any atom is -0.494 e. The summed E-state index contributed by atoms with van der Waals surface area (Å²) in [5.74, 6) is 0.835. The molecule has 0 aliphatic carbocycles. The van der Waals surface area contributed by atoms with E-state index < -0.39 is 0 Å². The predicted octanol–water partition coefficient (Wildman–Crippen LogP) is 2.19. The van der Waals surface area contributed by atoms with Crippen molar-refractivity contribution in [1.29, 1.82) is 0 Å². The highest BCUT2D eigenvalue weighted by Crippen LogP contribution is 2.21. The summed E-state index contributed by atoms with van der Waals surface area (Å²) in [5, 5.41) is 3.31. The maximum absolute atomic E-state index is 5.36. The molecule has 0 amide bonds. The Morgan fingerprint density at radius 1 is 1.67 bits per heavy atom. The summed E-state index contributed by atoms with van der Waals surface area (Å²) in [4.78, 5) is 0. The van der Waals surface area contributed by atoms with E-state index in [1.165, 1.54) is 17.7 Å². The van der Waals surface area contributed by atoms with Crippen molar-refractivity contribution >= 4 is 0 Å². The minimum atomic E-state index is 0.704. The van der Waals surface area contributed by atoms with Crippen molar-refractivity contribution in [1.82, 2.24) is 5.32 Å². The van der Waals surface area contributed by atoms with E-state index in [4.69, 9.17) is 4.74 Å². The van der Waals surface area contributed by atoms with Gasteiger partial charge in [-0.05, 0) is 26.7 Å². The molecule has 1 heterocycles. The first-order valence-electron chi connectivity index (χ1n) is 4.51. The first kappa shape index (κ1) is 9.17. The van der Waals surface area contributed by atoms with Gasteiger partial charge < -0.3 is 10.1 Å². The lowest BCUT2D eigenvalue weighted by Gasteiger charge is -2.20. The zero-order valence-electron chi connectivity index (χ0n) is 7.94. The van der Waals surface area contributed by atoms with E-state index in [1.807, 2.05) is 6.92 Å². The van der Waals surface area contributed by atoms with Gasteiger partial charge in [0.15, 0.2) is 0 Å². The molecule has 0 aromatic heterocycles. The number of nitrogens with one attached hydrogen (secondary N) is 1. The summed E-state index contributed by atoms with van der Waals surface area (Å²) in [5.41, 5.74) is 2.47. The van der Waals surface area contributed by atoms with E-state index in [0.29, 0.717) is 6.61 Å². The molecule has 1 rings (SSSR count). The fourth-order valence-corrected chi connectivity index (χ4v) is 1.45. The summed E-state index contributed by atoms with van der Waals surface area (Å²) in [7, 11) is 0. The molecule has 0 radical (unpaired) electrons. The van der Waals surface area contributed by atoms with Gasteiger partial charge in [0.05, 0.1) is 6.61 Å². The van der Waals surface area contributed by atoms with Gasteiger partial charge in [-0.1, -0.05) is 6.58 Å². The monoisotopic (exact) mass is 167 g/mol. The van der Waals surface area contributed by atoms with Crippen LogP contribution in [-0.4, -0.2) is 13.2 Å². The second-order valence-electron chi connectivity index (χ2n) is 2.99. The van der Waals surface area contributed by atoms with Gasteiger partial charge in [-0.3, -0.25) is 0 Å². The van der Waals surface area contributed by atoms with E-state index >= 15 is 0 Å². The van der Waals surface area contributed by atoms with Crippen molar-refractivity contribution in [2.24, 2.45) is 0 Å². The molecule has 0 atom stereocenters. The molecule has 0 saturated carbocycles. The van der Waals surface area contributed by atoms with E-state index in [9.17, 15) is 0 Å². The zero-order chi connectivity index (χ0) is 8.97. The van der Waals surface area contributed by atoms with Gasteiger partial charge in [-0.2, -0.15) is 0 Å². The Labute approximate surface area is 74.3 Å². The highest BCUT2D eigenvalue weighted by molar-refractivity contribution is 5.29. The Kier molecular flexibility index (Phi) is 3.20. The molecule has 0 spiro atoms. The third-order valence-corrected chi connectivity index (χ3v) is 2.10. The van der Waals surface area contributed by atoms with Gasteiger partial charge in [0.2, 0.25) is 0 Å². The normalized spacial score (nSPS) is 17.2. The number of ether oxygens (including phenoxy) is 1. The number of allylic oxidation sites excluding steroid dienone is 2. The molecule has 0 saturated heterocycles. The second-order valence-corrected chi connectivity index (χ2v) is 2.99. The summed E-state index contributed by atoms with van der Waals surface area (Å²) >= 11 is 0. The summed E-state index contributed by atoms with van der Waals surface area (Å²) in [6.45, 7) is 9.75. The smallest absolute Gasteiger partial charge is 0.117 e. The first-order chi connectivity index (χ1) is 5.75. The van der Waals surface area contributed by atoms with Gasteiger partial charge in [0, 0.05) is 17.8 Å². The van der Waals surface area contributed by atoms with Crippen molar-refractivity contribution in [2.45, 2.75) is 26.7 Å². The van der Waals surface area contributed by atoms with Crippen molar-refractivity contribution in [2.75, 3.05) is 13.2 Å². The van der Waals surface area contributed by atoms with Crippen LogP contribution in [0.2, 0.25) is 0 Å². The van der Waals surface area contributed by atoms with Crippen LogP contribution in [0.4, 0.5) is 0 Å². The largest absolute Gasteiger partial charge is 0.494 e. The van der Waals surface area contributed by atoms with Crippen LogP contribution in [0.5, 0.6) is 0 Å². The van der Waals surface area contributed by atoms with Crippen molar-refractivity contribution in [3.8, 4) is 0 Å². The number of hydrogen-bond acceptors (Lipinski definition) is 2. The minimum absolute atomic E-state index is 0.704. The Bertz CT molecular complexity index is 206. The topological polar surface area (TPSA) is 21.3 Å². The second kappa shape index (κ2) is 4.19. The molecule has 68 valence electrons. The standard InChI is InChI=1S/C10H17NO/c1-4-12-9(3)10-6-5-7-11-8(10)2/h11H,3-7H2,1-2H3. The van der Waals surface area contributed by atoms with Crippen molar-refractivity contribution < 1.29 is 4.74 Å². The Balaban J connectivity index is 2.64. The summed E-state index contributed by atoms with van der Waals surface area (Å²) < 4.78 is 5.36. The van der Waals surface area contributed by atoms with Crippen molar-refractivity contribution in [3.05, 3.63) is 23.6 Å². The molecule has 1 N–H and O–H groups in total. The van der Waals surface area contributed by atoms with Crippen LogP contribution in [-0.2, 0) is 4.74 Å². The molecular weight excluding hydrogens is 150 g/mol. The molecule has 2 heteroatoms. The molecular formula is C10H17NO. The lowest BCUT2D eigenvalue weighted by Crippen LogP contribution is -2.20. The van der Waals surface area contributed by atoms with Crippen LogP contribution in [0.15, 0.2) is 23.6 Å². The lowest BCUT2D eigenvalue weighted by molar-refractivity contribution is 0.235. The van der Waals surface area contributed by atoms with Gasteiger partial charge >= 0.3 is 0 Å². The lowest BCUT2D eigenvalue weighted by atomic mass is 10.0. The SMILES string of the molecule is C=C(OCC)C1=C(C)NCCC1. The molecule has 12 heavy (non-hydrogen) atoms. The van der Waals surface area contributed by atoms with E-state index in [0.717, 1.165) is 18.7 Å². The fourth-order valence-electron chi connectivity index (χ4n) is 1.45. The van der Waals surface area contributed by atoms with E-state index in [2.05, 4.69) is 18.8 Å². The van der Waals surface area contributed by atoms with Gasteiger partial charge in [0.1, 0.15) is 5.76 Å². The fraction of sp³-hybridized carbons (Fsp3) is 0.600. The average molecular weight is 167 g/mol. The molecule has 1 aliphatic rings. The third kappa shape index (κ3) is 2.03. The molecule has 1 aliphatic heterocycles. The highest BCUT2D eigenvalue weighted by atomic mass is 16.5. The number of rotatable bonds is 3. The molecule has 0 aromatic rings. The third-order valence-electron chi connectivity index (χ3n) is 2.10. The van der Waals surface area contributed by atoms with Crippen LogP contribution in [0, 0.1) is 0 Å². The summed E-state index contributed by atoms with van der Waals surface area (Å²) in [6.07, 6.45) is 2.27. The Morgan fingerprint density at radius 3 is 3.00 bits per heavy atom. The Morgan fingerprint density at radius 2 is 2.42 bits per heavy atom. The van der Waals surface area contributed by atoms with Crippen LogP contribution >= 0.6 is 0 Å². The maximum Gasteiger partial charge on any atom is 0.117 e. The summed E-state index contributed by atoms with van der Waals surface area (Å²) in [6, 6.07) is 0. The Hall–Kier alpha value is -0.920. The van der Waals surface area contributed by atoms with Gasteiger partial charge in [-0.25, -0.2) is 0 Å². The highest BCUT2D eigenvalue weighted by Gasteiger charge is 2.11. The molecule has 0 fully saturated rings. The van der Waals surface area contributed by atoms with Crippen LogP contribution < -0.4 is 5.32 Å². The quantitative estimate of drug-likeness (QED) is 0.651. The maximum atomic E-state index is 5.36. The predicted molar refractivity (Wildman–Crippen MR) is 50.7 cm³/mol.